The number of nitrogens with two attached hydrogens (primary N) is 1. The van der Waals surface area contributed by atoms with Gasteiger partial charge < -0.3 is 10.6 Å². The number of rotatable bonds is 5. The minimum atomic E-state index is -0.308. The quantitative estimate of drug-likeness (QED) is 0.801. The zero-order chi connectivity index (χ0) is 13.0. The molecule has 17 heavy (non-hydrogen) atoms. The van der Waals surface area contributed by atoms with E-state index in [-0.39, 0.29) is 17.9 Å². The zero-order valence-electron chi connectivity index (χ0n) is 11.8. The molecule has 1 saturated heterocycles. The molecule has 3 unspecified atom stereocenters. The Morgan fingerprint density at radius 3 is 2.59 bits per heavy atom. The van der Waals surface area contributed by atoms with Crippen LogP contribution in [0.4, 0.5) is 0 Å². The van der Waals surface area contributed by atoms with Crippen molar-refractivity contribution in [2.75, 3.05) is 13.1 Å². The van der Waals surface area contributed by atoms with Crippen LogP contribution in [0.3, 0.4) is 0 Å². The molecule has 3 atom stereocenters. The lowest BCUT2D eigenvalue weighted by Gasteiger charge is -2.24. The minimum Gasteiger partial charge on any atom is -0.341 e. The fourth-order valence-electron chi connectivity index (χ4n) is 2.60. The minimum absolute atomic E-state index is 0.158. The van der Waals surface area contributed by atoms with Crippen molar-refractivity contribution in [1.29, 1.82) is 0 Å². The van der Waals surface area contributed by atoms with Crippen molar-refractivity contribution in [1.82, 2.24) is 4.90 Å². The molecule has 1 aliphatic rings. The van der Waals surface area contributed by atoms with Gasteiger partial charge in [0.15, 0.2) is 0 Å². The molecule has 0 aromatic rings. The summed E-state index contributed by atoms with van der Waals surface area (Å²) in [5.74, 6) is 1.85. The lowest BCUT2D eigenvalue weighted by molar-refractivity contribution is -0.132. The molecule has 3 nitrogen and oxygen atoms in total. The van der Waals surface area contributed by atoms with Gasteiger partial charge in [-0.25, -0.2) is 0 Å². The van der Waals surface area contributed by atoms with Gasteiger partial charge in [-0.05, 0) is 30.6 Å². The number of carbonyl (C=O) groups is 1. The third-order valence-electron chi connectivity index (χ3n) is 3.94. The van der Waals surface area contributed by atoms with Crippen LogP contribution in [-0.4, -0.2) is 29.9 Å². The van der Waals surface area contributed by atoms with Crippen molar-refractivity contribution in [2.24, 2.45) is 23.5 Å². The van der Waals surface area contributed by atoms with Crippen molar-refractivity contribution in [3.8, 4) is 0 Å². The molecule has 2 N–H and O–H groups in total. The molecular weight excluding hydrogens is 212 g/mol. The van der Waals surface area contributed by atoms with E-state index in [4.69, 9.17) is 5.73 Å². The van der Waals surface area contributed by atoms with E-state index < -0.39 is 0 Å². The Morgan fingerprint density at radius 2 is 2.06 bits per heavy atom. The van der Waals surface area contributed by atoms with Crippen LogP contribution in [0.5, 0.6) is 0 Å². The fourth-order valence-corrected chi connectivity index (χ4v) is 2.60. The monoisotopic (exact) mass is 240 g/mol. The van der Waals surface area contributed by atoms with Crippen LogP contribution in [0.1, 0.15) is 47.0 Å². The number of amides is 1. The van der Waals surface area contributed by atoms with E-state index >= 15 is 0 Å². The Balaban J connectivity index is 2.45. The van der Waals surface area contributed by atoms with Gasteiger partial charge in [0.2, 0.25) is 5.91 Å². The molecule has 100 valence electrons. The standard InChI is InChI=1S/C14H28N2O/c1-5-11(4)13(15)14(17)16-7-6-12(9-16)8-10(2)3/h10-13H,5-9,15H2,1-4H3. The largest absolute Gasteiger partial charge is 0.341 e. The molecule has 0 saturated carbocycles. The van der Waals surface area contributed by atoms with Crippen LogP contribution >= 0.6 is 0 Å². The number of carbonyl (C=O) groups excluding carboxylic acids is 1. The van der Waals surface area contributed by atoms with E-state index in [0.29, 0.717) is 5.92 Å². The molecular formula is C14H28N2O. The molecule has 3 heteroatoms. The van der Waals surface area contributed by atoms with Crippen molar-refractivity contribution >= 4 is 5.91 Å². The molecule has 1 rings (SSSR count). The van der Waals surface area contributed by atoms with Crippen LogP contribution in [0.15, 0.2) is 0 Å². The van der Waals surface area contributed by atoms with Crippen LogP contribution in [0.25, 0.3) is 0 Å². The highest BCUT2D eigenvalue weighted by Gasteiger charge is 2.31. The second-order valence-electron chi connectivity index (χ2n) is 5.98. The number of nitrogens with zero attached hydrogens (tertiary/aromatic N) is 1. The average Bonchev–Trinajstić information content (AvgIpc) is 2.73. The number of likely N-dealkylation sites (tertiary alicyclic amines) is 1. The highest BCUT2D eigenvalue weighted by atomic mass is 16.2. The molecule has 1 heterocycles. The Morgan fingerprint density at radius 1 is 1.41 bits per heavy atom. The lowest BCUT2D eigenvalue weighted by atomic mass is 9.96. The molecule has 0 spiro atoms. The molecule has 0 bridgehead atoms. The summed E-state index contributed by atoms with van der Waals surface area (Å²) in [4.78, 5) is 14.2. The molecule has 1 fully saturated rings. The Labute approximate surface area is 106 Å². The predicted molar refractivity (Wildman–Crippen MR) is 71.6 cm³/mol. The second kappa shape index (κ2) is 6.39. The van der Waals surface area contributed by atoms with Gasteiger partial charge in [0.1, 0.15) is 0 Å². The van der Waals surface area contributed by atoms with Gasteiger partial charge in [-0.1, -0.05) is 34.1 Å². The third-order valence-corrected chi connectivity index (χ3v) is 3.94. The fraction of sp³-hybridized carbons (Fsp3) is 0.929. The summed E-state index contributed by atoms with van der Waals surface area (Å²) >= 11 is 0. The SMILES string of the molecule is CCC(C)C(N)C(=O)N1CCC(CC(C)C)C1. The van der Waals surface area contributed by atoms with Crippen LogP contribution in [0, 0.1) is 17.8 Å². The molecule has 1 aliphatic heterocycles. The molecule has 0 radical (unpaired) electrons. The van der Waals surface area contributed by atoms with Gasteiger partial charge in [-0.15, -0.1) is 0 Å². The first-order valence-corrected chi connectivity index (χ1v) is 7.00. The molecule has 0 aliphatic carbocycles. The van der Waals surface area contributed by atoms with E-state index in [1.807, 2.05) is 4.90 Å². The number of hydrogen-bond donors (Lipinski definition) is 1. The van der Waals surface area contributed by atoms with Crippen molar-refractivity contribution in [3.05, 3.63) is 0 Å². The van der Waals surface area contributed by atoms with Crippen molar-refractivity contribution in [3.63, 3.8) is 0 Å². The van der Waals surface area contributed by atoms with E-state index in [0.717, 1.165) is 31.8 Å². The zero-order valence-corrected chi connectivity index (χ0v) is 11.8. The van der Waals surface area contributed by atoms with Crippen LogP contribution < -0.4 is 5.73 Å². The maximum atomic E-state index is 12.2. The molecule has 0 aromatic heterocycles. The van der Waals surface area contributed by atoms with Crippen molar-refractivity contribution in [2.45, 2.75) is 53.0 Å². The van der Waals surface area contributed by atoms with Crippen LogP contribution in [0.2, 0.25) is 0 Å². The first kappa shape index (κ1) is 14.5. The van der Waals surface area contributed by atoms with E-state index in [2.05, 4.69) is 27.7 Å². The normalized spacial score (nSPS) is 24.1. The Hall–Kier alpha value is -0.570. The molecule has 0 aromatic carbocycles. The average molecular weight is 240 g/mol. The smallest absolute Gasteiger partial charge is 0.239 e. The predicted octanol–water partition coefficient (Wildman–Crippen LogP) is 2.25. The van der Waals surface area contributed by atoms with Gasteiger partial charge in [0.25, 0.3) is 0 Å². The second-order valence-corrected chi connectivity index (χ2v) is 5.98. The van der Waals surface area contributed by atoms with Gasteiger partial charge in [0, 0.05) is 13.1 Å². The van der Waals surface area contributed by atoms with E-state index in [9.17, 15) is 4.79 Å². The van der Waals surface area contributed by atoms with E-state index in [1.54, 1.807) is 0 Å². The summed E-state index contributed by atoms with van der Waals surface area (Å²) < 4.78 is 0. The van der Waals surface area contributed by atoms with Gasteiger partial charge in [-0.2, -0.15) is 0 Å². The summed E-state index contributed by atoms with van der Waals surface area (Å²) in [7, 11) is 0. The maximum Gasteiger partial charge on any atom is 0.239 e. The lowest BCUT2D eigenvalue weighted by Crippen LogP contribution is -2.46. The van der Waals surface area contributed by atoms with Gasteiger partial charge in [0.05, 0.1) is 6.04 Å². The summed E-state index contributed by atoms with van der Waals surface area (Å²) in [6.45, 7) is 10.5. The highest BCUT2D eigenvalue weighted by Crippen LogP contribution is 2.24. The third kappa shape index (κ3) is 3.98. The summed E-state index contributed by atoms with van der Waals surface area (Å²) in [5.41, 5.74) is 6.01. The number of hydrogen-bond acceptors (Lipinski definition) is 2. The molecule has 1 amide bonds. The van der Waals surface area contributed by atoms with Crippen LogP contribution in [-0.2, 0) is 4.79 Å². The first-order valence-electron chi connectivity index (χ1n) is 7.00. The summed E-state index contributed by atoms with van der Waals surface area (Å²) in [6, 6.07) is -0.308. The highest BCUT2D eigenvalue weighted by molar-refractivity contribution is 5.82. The van der Waals surface area contributed by atoms with Gasteiger partial charge >= 0.3 is 0 Å². The Bertz CT molecular complexity index is 253. The van der Waals surface area contributed by atoms with Crippen molar-refractivity contribution < 1.29 is 4.79 Å². The Kier molecular flexibility index (Phi) is 5.44. The maximum absolute atomic E-state index is 12.2. The summed E-state index contributed by atoms with van der Waals surface area (Å²) in [5, 5.41) is 0. The van der Waals surface area contributed by atoms with Gasteiger partial charge in [-0.3, -0.25) is 4.79 Å². The van der Waals surface area contributed by atoms with E-state index in [1.165, 1.54) is 6.42 Å². The summed E-state index contributed by atoms with van der Waals surface area (Å²) in [6.07, 6.45) is 3.34. The first-order chi connectivity index (χ1) is 7.95. The topological polar surface area (TPSA) is 46.3 Å².